The van der Waals surface area contributed by atoms with Crippen molar-refractivity contribution in [3.63, 3.8) is 0 Å². The van der Waals surface area contributed by atoms with Crippen molar-refractivity contribution in [3.8, 4) is 0 Å². The molecule has 0 aromatic heterocycles. The lowest BCUT2D eigenvalue weighted by molar-refractivity contribution is -0.156. The molecule has 34 heavy (non-hydrogen) atoms. The van der Waals surface area contributed by atoms with Crippen molar-refractivity contribution < 1.29 is 44.8 Å². The summed E-state index contributed by atoms with van der Waals surface area (Å²) in [5, 5.41) is 0. The molecule has 0 amide bonds. The maximum Gasteiger partial charge on any atom is 0.534 e. The molecule has 0 aromatic rings. The molecule has 2 heterocycles. The lowest BCUT2D eigenvalue weighted by atomic mass is 9.86. The Hall–Kier alpha value is -0.600. The summed E-state index contributed by atoms with van der Waals surface area (Å²) in [6.07, 6.45) is 3.27. The SMILES string of the molecule is C=C(OS(=O)(=O)C(F)(F)F)[C@@H](C)C[C@H]1CC[C@@H]2O[C@H](CCCOC(=O)C(C)(C)C)C[C@]2(CI)O1. The van der Waals surface area contributed by atoms with E-state index in [1.807, 2.05) is 0 Å². The zero-order chi connectivity index (χ0) is 25.9. The van der Waals surface area contributed by atoms with E-state index >= 15 is 0 Å². The Labute approximate surface area is 213 Å². The topological polar surface area (TPSA) is 88.1 Å². The monoisotopic (exact) mass is 626 g/mol. The minimum atomic E-state index is -5.74. The molecule has 2 aliphatic rings. The van der Waals surface area contributed by atoms with E-state index in [0.29, 0.717) is 30.3 Å². The number of ether oxygens (including phenoxy) is 3. The summed E-state index contributed by atoms with van der Waals surface area (Å²) in [6, 6.07) is 0. The third-order valence-electron chi connectivity index (χ3n) is 6.08. The highest BCUT2D eigenvalue weighted by Crippen LogP contribution is 2.45. The highest BCUT2D eigenvalue weighted by Gasteiger charge is 2.53. The molecule has 0 N–H and O–H groups in total. The van der Waals surface area contributed by atoms with E-state index in [9.17, 15) is 26.4 Å². The maximum atomic E-state index is 12.6. The molecule has 0 saturated carbocycles. The Balaban J connectivity index is 1.88. The number of rotatable bonds is 10. The molecule has 7 nitrogen and oxygen atoms in total. The van der Waals surface area contributed by atoms with Gasteiger partial charge in [-0.05, 0) is 52.9 Å². The molecule has 0 aliphatic carbocycles. The number of hydrogen-bond acceptors (Lipinski definition) is 7. The number of hydrogen-bond donors (Lipinski definition) is 0. The van der Waals surface area contributed by atoms with E-state index in [4.69, 9.17) is 14.2 Å². The first-order valence-electron chi connectivity index (χ1n) is 11.3. The highest BCUT2D eigenvalue weighted by molar-refractivity contribution is 14.1. The smallest absolute Gasteiger partial charge is 0.465 e. The molecule has 2 saturated heterocycles. The molecule has 0 spiro atoms. The van der Waals surface area contributed by atoms with Gasteiger partial charge in [-0.15, -0.1) is 0 Å². The molecular formula is C22H34F3IO7S. The van der Waals surface area contributed by atoms with Gasteiger partial charge in [-0.2, -0.15) is 21.6 Å². The van der Waals surface area contributed by atoms with Crippen molar-refractivity contribution in [2.24, 2.45) is 11.3 Å². The number of alkyl halides is 4. The molecule has 0 bridgehead atoms. The van der Waals surface area contributed by atoms with Gasteiger partial charge in [0.1, 0.15) is 11.4 Å². The van der Waals surface area contributed by atoms with Gasteiger partial charge >= 0.3 is 21.6 Å². The molecule has 2 aliphatic heterocycles. The van der Waals surface area contributed by atoms with Gasteiger partial charge in [0.15, 0.2) is 0 Å². The molecule has 2 fully saturated rings. The Bertz CT molecular complexity index is 840. The number of esters is 1. The van der Waals surface area contributed by atoms with Crippen LogP contribution in [0.2, 0.25) is 0 Å². The highest BCUT2D eigenvalue weighted by atomic mass is 127. The summed E-state index contributed by atoms with van der Waals surface area (Å²) < 4.78 is 83.0. The van der Waals surface area contributed by atoms with Crippen molar-refractivity contribution >= 4 is 38.7 Å². The first-order valence-corrected chi connectivity index (χ1v) is 14.2. The van der Waals surface area contributed by atoms with E-state index in [0.717, 1.165) is 12.8 Å². The standard InChI is InChI=1S/C22H34F3IO7S/c1-14(15(2)33-34(28,29)22(23,24)25)11-16-8-9-18-21(13-26,32-16)12-17(31-18)7-6-10-30-19(27)20(3,4)5/h14,16-18H,2,6-13H2,1,3-5H3/t14-,16+,17+,18-,21+/m0/s1. The Kier molecular flexibility index (Phi) is 9.76. The van der Waals surface area contributed by atoms with Crippen LogP contribution in [0.1, 0.15) is 66.2 Å². The quantitative estimate of drug-likeness (QED) is 0.0621. The van der Waals surface area contributed by atoms with Crippen LogP contribution < -0.4 is 0 Å². The zero-order valence-corrected chi connectivity index (χ0v) is 22.9. The van der Waals surface area contributed by atoms with Crippen molar-refractivity contribution in [2.45, 2.75) is 95.6 Å². The number of carbonyl (C=O) groups excluding carboxylic acids is 1. The van der Waals surface area contributed by atoms with E-state index < -0.39 is 38.3 Å². The molecule has 0 unspecified atom stereocenters. The molecular weight excluding hydrogens is 592 g/mol. The van der Waals surface area contributed by atoms with E-state index in [2.05, 4.69) is 33.4 Å². The molecule has 5 atom stereocenters. The molecule has 0 aromatic carbocycles. The Morgan fingerprint density at radius 2 is 1.88 bits per heavy atom. The lowest BCUT2D eigenvalue weighted by Crippen LogP contribution is -2.50. The summed E-state index contributed by atoms with van der Waals surface area (Å²) >= 11 is 2.25. The van der Waals surface area contributed by atoms with Crippen molar-refractivity contribution in [3.05, 3.63) is 12.3 Å². The Morgan fingerprint density at radius 3 is 2.44 bits per heavy atom. The van der Waals surface area contributed by atoms with E-state index in [1.165, 1.54) is 0 Å². The average Bonchev–Trinajstić information content (AvgIpc) is 3.07. The third-order valence-corrected chi connectivity index (χ3v) is 8.37. The van der Waals surface area contributed by atoms with Crippen LogP contribution in [0.4, 0.5) is 13.2 Å². The van der Waals surface area contributed by atoms with Crippen LogP contribution in [0.25, 0.3) is 0 Å². The second-order valence-corrected chi connectivity index (χ2v) is 12.4. The summed E-state index contributed by atoms with van der Waals surface area (Å²) in [5.41, 5.74) is -6.57. The fourth-order valence-electron chi connectivity index (χ4n) is 4.10. The van der Waals surface area contributed by atoms with Gasteiger partial charge in [-0.3, -0.25) is 4.79 Å². The zero-order valence-electron chi connectivity index (χ0n) is 20.0. The minimum Gasteiger partial charge on any atom is -0.465 e. The fraction of sp³-hybridized carbons (Fsp3) is 0.864. The number of carbonyl (C=O) groups is 1. The summed E-state index contributed by atoms with van der Waals surface area (Å²) in [7, 11) is -5.74. The summed E-state index contributed by atoms with van der Waals surface area (Å²) in [4.78, 5) is 11.9. The largest absolute Gasteiger partial charge is 0.534 e. The van der Waals surface area contributed by atoms with Crippen LogP contribution in [0.5, 0.6) is 0 Å². The Morgan fingerprint density at radius 1 is 1.24 bits per heavy atom. The van der Waals surface area contributed by atoms with Gasteiger partial charge in [0.2, 0.25) is 0 Å². The van der Waals surface area contributed by atoms with Crippen molar-refractivity contribution in [1.82, 2.24) is 0 Å². The van der Waals surface area contributed by atoms with Crippen LogP contribution in [-0.2, 0) is 33.3 Å². The second-order valence-electron chi connectivity index (χ2n) is 10.1. The second kappa shape index (κ2) is 11.2. The van der Waals surface area contributed by atoms with Gasteiger partial charge in [0.05, 0.1) is 30.3 Å². The number of allylic oxidation sites excluding steroid dienone is 1. The molecule has 0 radical (unpaired) electrons. The molecule has 12 heteroatoms. The van der Waals surface area contributed by atoms with Crippen LogP contribution in [0.3, 0.4) is 0 Å². The number of fused-ring (bicyclic) bond motifs is 1. The first-order chi connectivity index (χ1) is 15.5. The third kappa shape index (κ3) is 7.45. The van der Waals surface area contributed by atoms with Gasteiger partial charge in [0, 0.05) is 16.8 Å². The molecule has 2 rings (SSSR count). The average molecular weight is 626 g/mol. The normalized spacial score (nSPS) is 28.8. The van der Waals surface area contributed by atoms with E-state index in [-0.39, 0.29) is 30.7 Å². The van der Waals surface area contributed by atoms with Gasteiger partial charge in [-0.25, -0.2) is 0 Å². The van der Waals surface area contributed by atoms with Gasteiger partial charge in [-0.1, -0.05) is 36.1 Å². The maximum absolute atomic E-state index is 12.6. The first kappa shape index (κ1) is 29.6. The van der Waals surface area contributed by atoms with E-state index in [1.54, 1.807) is 27.7 Å². The predicted octanol–water partition coefficient (Wildman–Crippen LogP) is 5.27. The van der Waals surface area contributed by atoms with Crippen molar-refractivity contribution in [2.75, 3.05) is 11.0 Å². The van der Waals surface area contributed by atoms with Crippen LogP contribution in [0.15, 0.2) is 12.3 Å². The van der Waals surface area contributed by atoms with Crippen LogP contribution in [-0.4, -0.2) is 54.8 Å². The molecule has 198 valence electrons. The minimum absolute atomic E-state index is 0.0421. The van der Waals surface area contributed by atoms with Crippen LogP contribution in [0, 0.1) is 11.3 Å². The number of halogens is 4. The summed E-state index contributed by atoms with van der Waals surface area (Å²) in [5.74, 6) is -1.36. The van der Waals surface area contributed by atoms with Gasteiger partial charge < -0.3 is 18.4 Å². The summed E-state index contributed by atoms with van der Waals surface area (Å²) in [6.45, 7) is 10.7. The lowest BCUT2D eigenvalue weighted by Gasteiger charge is -2.41. The fourth-order valence-corrected chi connectivity index (χ4v) is 5.62. The van der Waals surface area contributed by atoms with Gasteiger partial charge in [0.25, 0.3) is 0 Å². The van der Waals surface area contributed by atoms with Crippen LogP contribution >= 0.6 is 22.6 Å². The van der Waals surface area contributed by atoms with Crippen molar-refractivity contribution in [1.29, 1.82) is 0 Å². The predicted molar refractivity (Wildman–Crippen MR) is 128 cm³/mol.